The summed E-state index contributed by atoms with van der Waals surface area (Å²) in [5.41, 5.74) is 0.559. The molecule has 160 valence electrons. The molecule has 7 nitrogen and oxygen atoms in total. The van der Waals surface area contributed by atoms with Gasteiger partial charge in [0.2, 0.25) is 0 Å². The zero-order valence-electron chi connectivity index (χ0n) is 16.4. The van der Waals surface area contributed by atoms with E-state index in [-0.39, 0.29) is 28.7 Å². The van der Waals surface area contributed by atoms with Crippen LogP contribution in [0.1, 0.15) is 6.42 Å². The van der Waals surface area contributed by atoms with E-state index < -0.39 is 30.3 Å². The van der Waals surface area contributed by atoms with E-state index in [0.29, 0.717) is 11.4 Å². The molecule has 0 aromatic heterocycles. The van der Waals surface area contributed by atoms with Crippen molar-refractivity contribution in [2.45, 2.75) is 17.4 Å². The van der Waals surface area contributed by atoms with Crippen LogP contribution >= 0.6 is 15.9 Å². The molecular formula is C23H20BrNO6. The molecule has 1 aliphatic heterocycles. The molecule has 5 rings (SSSR count). The van der Waals surface area contributed by atoms with Gasteiger partial charge in [0.15, 0.2) is 6.61 Å². The quantitative estimate of drug-likeness (QED) is 0.497. The highest BCUT2D eigenvalue weighted by molar-refractivity contribution is 9.09. The number of nitrogens with one attached hydrogen (secondary N) is 1. The number of hydrogen-bond donors (Lipinski definition) is 1. The van der Waals surface area contributed by atoms with Gasteiger partial charge in [-0.3, -0.25) is 14.4 Å². The molecule has 2 aliphatic carbocycles. The number of benzene rings is 2. The minimum absolute atomic E-state index is 0.000768. The van der Waals surface area contributed by atoms with Crippen molar-refractivity contribution in [3.8, 4) is 11.5 Å². The van der Waals surface area contributed by atoms with Crippen LogP contribution in [0, 0.1) is 23.7 Å². The Bertz CT molecular complexity index is 1010. The number of anilines is 1. The Morgan fingerprint density at radius 1 is 1.03 bits per heavy atom. The Balaban J connectivity index is 1.14. The third kappa shape index (κ3) is 3.69. The summed E-state index contributed by atoms with van der Waals surface area (Å²) >= 11 is 3.56. The highest BCUT2D eigenvalue weighted by Gasteiger charge is 2.68. The second-order valence-electron chi connectivity index (χ2n) is 8.06. The number of fused-ring (bicyclic) bond motifs is 1. The van der Waals surface area contributed by atoms with Gasteiger partial charge in [-0.2, -0.15) is 0 Å². The van der Waals surface area contributed by atoms with Crippen molar-refractivity contribution in [3.05, 3.63) is 54.6 Å². The Hall–Kier alpha value is -2.87. The summed E-state index contributed by atoms with van der Waals surface area (Å²) in [7, 11) is 0. The molecule has 1 N–H and O–H groups in total. The van der Waals surface area contributed by atoms with E-state index in [0.717, 1.165) is 12.2 Å². The summed E-state index contributed by atoms with van der Waals surface area (Å²) in [6.45, 7) is -0.410. The topological polar surface area (TPSA) is 90.9 Å². The van der Waals surface area contributed by atoms with Gasteiger partial charge >= 0.3 is 11.9 Å². The van der Waals surface area contributed by atoms with E-state index in [2.05, 4.69) is 21.2 Å². The van der Waals surface area contributed by atoms with Crippen molar-refractivity contribution in [3.63, 3.8) is 0 Å². The molecule has 2 saturated carbocycles. The predicted octanol–water partition coefficient (Wildman–Crippen LogP) is 3.53. The zero-order chi connectivity index (χ0) is 21.5. The van der Waals surface area contributed by atoms with Crippen molar-refractivity contribution < 1.29 is 28.6 Å². The Morgan fingerprint density at radius 3 is 2.48 bits per heavy atom. The summed E-state index contributed by atoms with van der Waals surface area (Å²) < 4.78 is 16.4. The Kier molecular flexibility index (Phi) is 5.17. The van der Waals surface area contributed by atoms with Crippen molar-refractivity contribution >= 4 is 39.5 Å². The molecule has 1 amide bonds. The van der Waals surface area contributed by atoms with Crippen LogP contribution in [0.15, 0.2) is 54.6 Å². The lowest BCUT2D eigenvalue weighted by atomic mass is 9.80. The van der Waals surface area contributed by atoms with Gasteiger partial charge in [-0.1, -0.05) is 34.1 Å². The molecule has 2 aromatic rings. The molecule has 31 heavy (non-hydrogen) atoms. The van der Waals surface area contributed by atoms with Crippen molar-refractivity contribution in [1.29, 1.82) is 0 Å². The monoisotopic (exact) mass is 485 g/mol. The van der Waals surface area contributed by atoms with Gasteiger partial charge in [0.05, 0.1) is 16.7 Å². The summed E-state index contributed by atoms with van der Waals surface area (Å²) in [5, 5.41) is 2.69. The maximum atomic E-state index is 12.6. The summed E-state index contributed by atoms with van der Waals surface area (Å²) in [6.07, 6.45) is 0.615. The number of hydrogen-bond acceptors (Lipinski definition) is 6. The number of esters is 2. The van der Waals surface area contributed by atoms with Gasteiger partial charge in [0, 0.05) is 11.6 Å². The number of carbonyl (C=O) groups is 3. The molecule has 3 fully saturated rings. The number of alkyl halides is 1. The van der Waals surface area contributed by atoms with Gasteiger partial charge in [0.25, 0.3) is 5.91 Å². The van der Waals surface area contributed by atoms with Crippen LogP contribution in [0.5, 0.6) is 11.5 Å². The fraction of sp³-hybridized carbons (Fsp3) is 0.348. The first-order valence-corrected chi connectivity index (χ1v) is 11.1. The van der Waals surface area contributed by atoms with Crippen LogP contribution in [0.25, 0.3) is 0 Å². The van der Waals surface area contributed by atoms with Crippen LogP contribution in [0.3, 0.4) is 0 Å². The largest absolute Gasteiger partial charge is 0.461 e. The maximum absolute atomic E-state index is 12.6. The Labute approximate surface area is 187 Å². The van der Waals surface area contributed by atoms with E-state index in [1.54, 1.807) is 24.3 Å². The third-order valence-electron chi connectivity index (χ3n) is 6.26. The van der Waals surface area contributed by atoms with Crippen molar-refractivity contribution in [2.75, 3.05) is 11.9 Å². The average Bonchev–Trinajstić information content (AvgIpc) is 3.38. The SMILES string of the molecule is O=C(COC(=O)[C@@H]1[C@H]2C[C@H]3[C@H](OC(=O)[C@H]31)[C@H]2Br)Nc1ccc(Oc2ccccc2)cc1. The highest BCUT2D eigenvalue weighted by atomic mass is 79.9. The summed E-state index contributed by atoms with van der Waals surface area (Å²) in [4.78, 5) is 37.0. The van der Waals surface area contributed by atoms with E-state index in [1.807, 2.05) is 30.3 Å². The molecule has 3 aliphatic rings. The lowest BCUT2D eigenvalue weighted by Crippen LogP contribution is -2.39. The minimum atomic E-state index is -0.553. The second kappa shape index (κ2) is 8.00. The molecule has 2 aromatic carbocycles. The standard InChI is InChI=1S/C23H20BrNO6/c24-20-15-10-16-19(23(28)31-21(16)20)18(15)22(27)29-11-17(26)25-12-6-8-14(9-7-12)30-13-4-2-1-3-5-13/h1-9,15-16,18-21H,10-11H2,(H,25,26)/t15-,16-,18-,19-,20+,21+/m1/s1. The zero-order valence-corrected chi connectivity index (χ0v) is 18.0. The van der Waals surface area contributed by atoms with Crippen LogP contribution in [-0.4, -0.2) is 35.4 Å². The first kappa shape index (κ1) is 20.1. The number of amides is 1. The summed E-state index contributed by atoms with van der Waals surface area (Å²) in [5.74, 6) is -0.878. The van der Waals surface area contributed by atoms with Crippen LogP contribution < -0.4 is 10.1 Å². The average molecular weight is 486 g/mol. The van der Waals surface area contributed by atoms with E-state index in [9.17, 15) is 14.4 Å². The maximum Gasteiger partial charge on any atom is 0.310 e. The van der Waals surface area contributed by atoms with Crippen LogP contribution in [0.2, 0.25) is 0 Å². The van der Waals surface area contributed by atoms with Gasteiger partial charge in [0.1, 0.15) is 17.6 Å². The number of para-hydroxylation sites is 1. The van der Waals surface area contributed by atoms with Gasteiger partial charge in [-0.05, 0) is 48.7 Å². The molecule has 0 unspecified atom stereocenters. The van der Waals surface area contributed by atoms with Gasteiger partial charge < -0.3 is 19.5 Å². The molecule has 0 spiro atoms. The third-order valence-corrected chi connectivity index (χ3v) is 7.46. The molecule has 6 atom stereocenters. The highest BCUT2D eigenvalue weighted by Crippen LogP contribution is 2.60. The number of halogens is 1. The van der Waals surface area contributed by atoms with Crippen LogP contribution in [0.4, 0.5) is 5.69 Å². The molecule has 2 bridgehead atoms. The van der Waals surface area contributed by atoms with Crippen molar-refractivity contribution in [1.82, 2.24) is 0 Å². The lowest BCUT2D eigenvalue weighted by molar-refractivity contribution is -0.157. The van der Waals surface area contributed by atoms with E-state index in [4.69, 9.17) is 14.2 Å². The molecule has 1 heterocycles. The first-order valence-electron chi connectivity index (χ1n) is 10.2. The fourth-order valence-corrected chi connectivity index (χ4v) is 6.00. The van der Waals surface area contributed by atoms with E-state index in [1.165, 1.54) is 0 Å². The molecule has 8 heteroatoms. The minimum Gasteiger partial charge on any atom is -0.461 e. The summed E-state index contributed by atoms with van der Waals surface area (Å²) in [6, 6.07) is 16.3. The molecular weight excluding hydrogens is 466 g/mol. The smallest absolute Gasteiger partial charge is 0.310 e. The van der Waals surface area contributed by atoms with Crippen LogP contribution in [-0.2, 0) is 23.9 Å². The van der Waals surface area contributed by atoms with Gasteiger partial charge in [-0.25, -0.2) is 0 Å². The number of carbonyl (C=O) groups excluding carboxylic acids is 3. The first-order chi connectivity index (χ1) is 15.0. The molecule has 1 saturated heterocycles. The number of ether oxygens (including phenoxy) is 3. The fourth-order valence-electron chi connectivity index (χ4n) is 4.96. The lowest BCUT2D eigenvalue weighted by Gasteiger charge is -2.26. The normalized spacial score (nSPS) is 30.0. The number of rotatable bonds is 6. The molecule has 0 radical (unpaired) electrons. The second-order valence-corrected chi connectivity index (χ2v) is 9.11. The predicted molar refractivity (Wildman–Crippen MR) is 114 cm³/mol. The van der Waals surface area contributed by atoms with Crippen molar-refractivity contribution in [2.24, 2.45) is 23.7 Å². The van der Waals surface area contributed by atoms with Gasteiger partial charge in [-0.15, -0.1) is 0 Å². The van der Waals surface area contributed by atoms with E-state index >= 15 is 0 Å². The Morgan fingerprint density at radius 2 is 1.74 bits per heavy atom.